The van der Waals surface area contributed by atoms with Crippen molar-refractivity contribution in [2.75, 3.05) is 33.2 Å². The van der Waals surface area contributed by atoms with Gasteiger partial charge in [-0.2, -0.15) is 0 Å². The fourth-order valence-electron chi connectivity index (χ4n) is 2.05. The summed E-state index contributed by atoms with van der Waals surface area (Å²) in [6, 6.07) is 0.741. The Hall–Kier alpha value is -0.0800. The summed E-state index contributed by atoms with van der Waals surface area (Å²) in [5.41, 5.74) is 0. The molecule has 1 aliphatic rings. The lowest BCUT2D eigenvalue weighted by Crippen LogP contribution is -2.43. The Balaban J connectivity index is 2.24. The van der Waals surface area contributed by atoms with Gasteiger partial charge in [0, 0.05) is 12.6 Å². The van der Waals surface area contributed by atoms with E-state index in [0.29, 0.717) is 0 Å². The number of nitrogens with zero attached hydrogens (tertiary/aromatic N) is 2. The van der Waals surface area contributed by atoms with Crippen molar-refractivity contribution >= 4 is 0 Å². The Morgan fingerprint density at radius 2 is 1.85 bits per heavy atom. The lowest BCUT2D eigenvalue weighted by molar-refractivity contribution is 0.141. The molecule has 1 rings (SSSR count). The highest BCUT2D eigenvalue weighted by molar-refractivity contribution is 4.73. The van der Waals surface area contributed by atoms with Gasteiger partial charge >= 0.3 is 0 Å². The average Bonchev–Trinajstić information content (AvgIpc) is 2.19. The van der Waals surface area contributed by atoms with Gasteiger partial charge in [-0.25, -0.2) is 0 Å². The fraction of sp³-hybridized carbons (Fsp3) is 1.00. The van der Waals surface area contributed by atoms with Crippen LogP contribution in [0.3, 0.4) is 0 Å². The van der Waals surface area contributed by atoms with Crippen molar-refractivity contribution in [2.45, 2.75) is 39.2 Å². The Morgan fingerprint density at radius 3 is 2.38 bits per heavy atom. The molecule has 2 nitrogen and oxygen atoms in total. The number of likely N-dealkylation sites (tertiary alicyclic amines) is 1. The van der Waals surface area contributed by atoms with Gasteiger partial charge in [-0.1, -0.05) is 13.3 Å². The number of hydrogen-bond acceptors (Lipinski definition) is 2. The standard InChI is InChI=1S/C11H24N2/c1-4-12(3)10-11(2)13-8-6-5-7-9-13/h11H,4-10H2,1-3H3. The first kappa shape index (κ1) is 11.0. The Morgan fingerprint density at radius 1 is 1.23 bits per heavy atom. The van der Waals surface area contributed by atoms with E-state index < -0.39 is 0 Å². The first-order valence-corrected chi connectivity index (χ1v) is 5.66. The van der Waals surface area contributed by atoms with Gasteiger partial charge in [-0.15, -0.1) is 0 Å². The summed E-state index contributed by atoms with van der Waals surface area (Å²) in [7, 11) is 2.21. The molecule has 0 N–H and O–H groups in total. The summed E-state index contributed by atoms with van der Waals surface area (Å²) in [4.78, 5) is 5.04. The number of piperidine rings is 1. The van der Waals surface area contributed by atoms with Gasteiger partial charge in [0.1, 0.15) is 0 Å². The third kappa shape index (κ3) is 3.65. The van der Waals surface area contributed by atoms with E-state index >= 15 is 0 Å². The van der Waals surface area contributed by atoms with E-state index in [1.165, 1.54) is 38.9 Å². The third-order valence-electron chi connectivity index (χ3n) is 3.13. The lowest BCUT2D eigenvalue weighted by Gasteiger charge is -2.34. The van der Waals surface area contributed by atoms with Gasteiger partial charge in [-0.3, -0.25) is 4.90 Å². The average molecular weight is 184 g/mol. The molecule has 1 atom stereocenters. The second-order valence-corrected chi connectivity index (χ2v) is 4.30. The van der Waals surface area contributed by atoms with E-state index in [9.17, 15) is 0 Å². The Kier molecular flexibility index (Phi) is 4.74. The minimum absolute atomic E-state index is 0.741. The van der Waals surface area contributed by atoms with Crippen molar-refractivity contribution in [3.63, 3.8) is 0 Å². The molecule has 0 bridgehead atoms. The number of rotatable bonds is 4. The van der Waals surface area contributed by atoms with Crippen LogP contribution in [-0.4, -0.2) is 49.1 Å². The van der Waals surface area contributed by atoms with Crippen LogP contribution < -0.4 is 0 Å². The van der Waals surface area contributed by atoms with E-state index in [4.69, 9.17) is 0 Å². The van der Waals surface area contributed by atoms with Crippen molar-refractivity contribution in [1.29, 1.82) is 0 Å². The monoisotopic (exact) mass is 184 g/mol. The van der Waals surface area contributed by atoms with Gasteiger partial charge in [0.25, 0.3) is 0 Å². The van der Waals surface area contributed by atoms with Gasteiger partial charge in [0.05, 0.1) is 0 Å². The van der Waals surface area contributed by atoms with Crippen LogP contribution in [0, 0.1) is 0 Å². The summed E-state index contributed by atoms with van der Waals surface area (Å²) >= 11 is 0. The molecule has 0 aromatic heterocycles. The maximum Gasteiger partial charge on any atom is 0.0194 e. The molecule has 0 saturated carbocycles. The van der Waals surface area contributed by atoms with Crippen molar-refractivity contribution in [3.05, 3.63) is 0 Å². The largest absolute Gasteiger partial charge is 0.305 e. The zero-order valence-electron chi connectivity index (χ0n) is 9.42. The second kappa shape index (κ2) is 5.61. The summed E-state index contributed by atoms with van der Waals surface area (Å²) in [6.07, 6.45) is 4.24. The van der Waals surface area contributed by atoms with Crippen molar-refractivity contribution in [1.82, 2.24) is 9.80 Å². The van der Waals surface area contributed by atoms with Crippen molar-refractivity contribution in [2.24, 2.45) is 0 Å². The maximum atomic E-state index is 2.63. The minimum Gasteiger partial charge on any atom is -0.305 e. The highest BCUT2D eigenvalue weighted by Gasteiger charge is 2.16. The smallest absolute Gasteiger partial charge is 0.0194 e. The molecule has 1 fully saturated rings. The molecule has 1 heterocycles. The van der Waals surface area contributed by atoms with Crippen LogP contribution in [0.15, 0.2) is 0 Å². The topological polar surface area (TPSA) is 6.48 Å². The van der Waals surface area contributed by atoms with E-state index in [1.54, 1.807) is 0 Å². The molecule has 0 aromatic rings. The summed E-state index contributed by atoms with van der Waals surface area (Å²) in [5, 5.41) is 0. The third-order valence-corrected chi connectivity index (χ3v) is 3.13. The Labute approximate surface area is 82.9 Å². The Bertz CT molecular complexity index is 130. The first-order valence-electron chi connectivity index (χ1n) is 5.66. The molecule has 78 valence electrons. The van der Waals surface area contributed by atoms with Crippen LogP contribution in [0.25, 0.3) is 0 Å². The molecule has 0 spiro atoms. The molecule has 0 aliphatic carbocycles. The van der Waals surface area contributed by atoms with Crippen molar-refractivity contribution in [3.8, 4) is 0 Å². The molecular formula is C11H24N2. The molecular weight excluding hydrogens is 160 g/mol. The predicted molar refractivity (Wildman–Crippen MR) is 58.1 cm³/mol. The molecule has 1 unspecified atom stereocenters. The van der Waals surface area contributed by atoms with Gasteiger partial charge in [0.15, 0.2) is 0 Å². The van der Waals surface area contributed by atoms with Gasteiger partial charge in [0.2, 0.25) is 0 Å². The molecule has 0 amide bonds. The van der Waals surface area contributed by atoms with E-state index in [1.807, 2.05) is 0 Å². The predicted octanol–water partition coefficient (Wildman–Crippen LogP) is 1.81. The normalized spacial score (nSPS) is 22.2. The SMILES string of the molecule is CCN(C)CC(C)N1CCCCC1. The van der Waals surface area contributed by atoms with E-state index in [-0.39, 0.29) is 0 Å². The molecule has 13 heavy (non-hydrogen) atoms. The molecule has 0 aromatic carbocycles. The zero-order valence-corrected chi connectivity index (χ0v) is 9.42. The van der Waals surface area contributed by atoms with Crippen LogP contribution in [0.5, 0.6) is 0 Å². The fourth-order valence-corrected chi connectivity index (χ4v) is 2.05. The number of likely N-dealkylation sites (N-methyl/N-ethyl adjacent to an activating group) is 1. The lowest BCUT2D eigenvalue weighted by atomic mass is 10.1. The second-order valence-electron chi connectivity index (χ2n) is 4.30. The highest BCUT2D eigenvalue weighted by atomic mass is 15.2. The van der Waals surface area contributed by atoms with E-state index in [0.717, 1.165) is 12.6 Å². The summed E-state index contributed by atoms with van der Waals surface area (Å²) in [5.74, 6) is 0. The maximum absolute atomic E-state index is 2.63. The highest BCUT2D eigenvalue weighted by Crippen LogP contribution is 2.12. The quantitative estimate of drug-likeness (QED) is 0.657. The number of hydrogen-bond donors (Lipinski definition) is 0. The van der Waals surface area contributed by atoms with Gasteiger partial charge in [-0.05, 0) is 46.4 Å². The van der Waals surface area contributed by atoms with Crippen molar-refractivity contribution < 1.29 is 0 Å². The summed E-state index contributed by atoms with van der Waals surface area (Å²) in [6.45, 7) is 9.60. The van der Waals surface area contributed by atoms with Gasteiger partial charge < -0.3 is 4.90 Å². The van der Waals surface area contributed by atoms with Crippen LogP contribution >= 0.6 is 0 Å². The molecule has 2 heteroatoms. The minimum atomic E-state index is 0.741. The molecule has 1 saturated heterocycles. The van der Waals surface area contributed by atoms with E-state index in [2.05, 4.69) is 30.7 Å². The first-order chi connectivity index (χ1) is 6.24. The van der Waals surface area contributed by atoms with Crippen LogP contribution in [0.2, 0.25) is 0 Å². The van der Waals surface area contributed by atoms with Crippen LogP contribution in [0.4, 0.5) is 0 Å². The summed E-state index contributed by atoms with van der Waals surface area (Å²) < 4.78 is 0. The molecule has 1 aliphatic heterocycles. The zero-order chi connectivity index (χ0) is 9.68. The molecule has 0 radical (unpaired) electrons. The van der Waals surface area contributed by atoms with Crippen LogP contribution in [-0.2, 0) is 0 Å². The van der Waals surface area contributed by atoms with Crippen LogP contribution in [0.1, 0.15) is 33.1 Å².